The number of aliphatic hydroxyl groups is 1. The molecule has 0 aliphatic heterocycles. The Kier molecular flexibility index (Phi) is 5.73. The largest absolute Gasteiger partial charge is 0.391 e. The molecule has 0 saturated carbocycles. The topological polar surface area (TPSA) is 59.3 Å². The van der Waals surface area contributed by atoms with Crippen LogP contribution >= 0.6 is 0 Å². The van der Waals surface area contributed by atoms with Crippen molar-refractivity contribution < 1.29 is 9.84 Å². The van der Waals surface area contributed by atoms with E-state index in [0.717, 1.165) is 18.8 Å². The normalized spacial score (nSPS) is 12.5. The lowest BCUT2D eigenvalue weighted by atomic mass is 10.2. The van der Waals surface area contributed by atoms with Crippen molar-refractivity contribution in [3.63, 3.8) is 0 Å². The van der Waals surface area contributed by atoms with Gasteiger partial charge in [0.25, 0.3) is 0 Å². The SMILES string of the molecule is COCC(O)CCNCc1ccc(-n2ccnc2)cc1. The Labute approximate surface area is 119 Å². The summed E-state index contributed by atoms with van der Waals surface area (Å²) in [6.07, 6.45) is 5.77. The highest BCUT2D eigenvalue weighted by atomic mass is 16.5. The number of ether oxygens (including phenoxy) is 1. The highest BCUT2D eigenvalue weighted by molar-refractivity contribution is 5.34. The average molecular weight is 275 g/mol. The maximum Gasteiger partial charge on any atom is 0.0991 e. The molecule has 0 amide bonds. The van der Waals surface area contributed by atoms with Crippen LogP contribution in [0.4, 0.5) is 0 Å². The Balaban J connectivity index is 1.74. The fourth-order valence-corrected chi connectivity index (χ4v) is 1.97. The molecule has 0 aliphatic carbocycles. The molecule has 1 unspecified atom stereocenters. The number of aliphatic hydroxyl groups excluding tert-OH is 1. The summed E-state index contributed by atoms with van der Waals surface area (Å²) in [7, 11) is 1.60. The number of imidazole rings is 1. The zero-order chi connectivity index (χ0) is 14.2. The molecule has 2 N–H and O–H groups in total. The van der Waals surface area contributed by atoms with Gasteiger partial charge in [0.15, 0.2) is 0 Å². The summed E-state index contributed by atoms with van der Waals surface area (Å²) in [5.41, 5.74) is 2.32. The van der Waals surface area contributed by atoms with Gasteiger partial charge in [0.1, 0.15) is 0 Å². The van der Waals surface area contributed by atoms with Gasteiger partial charge in [-0.15, -0.1) is 0 Å². The Hall–Kier alpha value is -1.69. The Bertz CT molecular complexity index is 482. The van der Waals surface area contributed by atoms with E-state index >= 15 is 0 Å². The minimum Gasteiger partial charge on any atom is -0.391 e. The molecule has 20 heavy (non-hydrogen) atoms. The van der Waals surface area contributed by atoms with Crippen molar-refractivity contribution in [1.82, 2.24) is 14.9 Å². The molecule has 0 spiro atoms. The van der Waals surface area contributed by atoms with Gasteiger partial charge >= 0.3 is 0 Å². The van der Waals surface area contributed by atoms with Crippen LogP contribution in [0, 0.1) is 0 Å². The number of methoxy groups -OCH3 is 1. The Morgan fingerprint density at radius 2 is 2.15 bits per heavy atom. The summed E-state index contributed by atoms with van der Waals surface area (Å²) in [6.45, 7) is 1.96. The number of hydrogen-bond donors (Lipinski definition) is 2. The predicted octanol–water partition coefficient (Wildman–Crippen LogP) is 1.36. The van der Waals surface area contributed by atoms with Crippen molar-refractivity contribution in [1.29, 1.82) is 0 Å². The molecule has 1 aromatic carbocycles. The monoisotopic (exact) mass is 275 g/mol. The lowest BCUT2D eigenvalue weighted by Gasteiger charge is -2.10. The van der Waals surface area contributed by atoms with E-state index in [1.807, 2.05) is 10.8 Å². The first-order valence-corrected chi connectivity index (χ1v) is 6.74. The first-order chi connectivity index (χ1) is 9.79. The standard InChI is InChI=1S/C15H21N3O2/c1-20-11-15(19)6-7-16-10-13-2-4-14(5-3-13)18-9-8-17-12-18/h2-5,8-9,12,15-16,19H,6-7,10-11H2,1H3. The van der Waals surface area contributed by atoms with Crippen LogP contribution in [-0.2, 0) is 11.3 Å². The minimum absolute atomic E-state index is 0.390. The quantitative estimate of drug-likeness (QED) is 0.714. The molecule has 5 heteroatoms. The highest BCUT2D eigenvalue weighted by Crippen LogP contribution is 2.09. The van der Waals surface area contributed by atoms with E-state index in [2.05, 4.69) is 34.6 Å². The third kappa shape index (κ3) is 4.45. The molecule has 108 valence electrons. The van der Waals surface area contributed by atoms with Gasteiger partial charge in [-0.25, -0.2) is 4.98 Å². The summed E-state index contributed by atoms with van der Waals surface area (Å²) in [4.78, 5) is 4.03. The van der Waals surface area contributed by atoms with Crippen LogP contribution in [0.1, 0.15) is 12.0 Å². The summed E-state index contributed by atoms with van der Waals surface area (Å²) >= 11 is 0. The molecular formula is C15H21N3O2. The van der Waals surface area contributed by atoms with Gasteiger partial charge in [-0.3, -0.25) is 0 Å². The smallest absolute Gasteiger partial charge is 0.0991 e. The van der Waals surface area contributed by atoms with Crippen molar-refractivity contribution >= 4 is 0 Å². The lowest BCUT2D eigenvalue weighted by molar-refractivity contribution is 0.0594. The predicted molar refractivity (Wildman–Crippen MR) is 77.8 cm³/mol. The number of rotatable bonds is 8. The van der Waals surface area contributed by atoms with Crippen LogP contribution in [0.2, 0.25) is 0 Å². The molecular weight excluding hydrogens is 254 g/mol. The minimum atomic E-state index is -0.392. The second kappa shape index (κ2) is 7.79. The molecule has 5 nitrogen and oxygen atoms in total. The van der Waals surface area contributed by atoms with E-state index in [0.29, 0.717) is 13.0 Å². The molecule has 0 fully saturated rings. The first kappa shape index (κ1) is 14.7. The van der Waals surface area contributed by atoms with E-state index in [1.165, 1.54) is 5.56 Å². The van der Waals surface area contributed by atoms with Crippen molar-refractivity contribution in [3.8, 4) is 5.69 Å². The van der Waals surface area contributed by atoms with Crippen molar-refractivity contribution in [3.05, 3.63) is 48.5 Å². The van der Waals surface area contributed by atoms with E-state index in [-0.39, 0.29) is 0 Å². The molecule has 2 aromatic rings. The lowest BCUT2D eigenvalue weighted by Crippen LogP contribution is -2.23. The van der Waals surface area contributed by atoms with Crippen LogP contribution in [-0.4, -0.2) is 41.0 Å². The summed E-state index contributed by atoms with van der Waals surface area (Å²) in [5.74, 6) is 0. The molecule has 0 aliphatic rings. The third-order valence-corrected chi connectivity index (χ3v) is 3.08. The molecule has 0 radical (unpaired) electrons. The molecule has 1 heterocycles. The van der Waals surface area contributed by atoms with E-state index in [9.17, 15) is 5.11 Å². The van der Waals surface area contributed by atoms with Crippen LogP contribution in [0.5, 0.6) is 0 Å². The van der Waals surface area contributed by atoms with Gasteiger partial charge in [-0.1, -0.05) is 12.1 Å². The van der Waals surface area contributed by atoms with Gasteiger partial charge in [-0.2, -0.15) is 0 Å². The molecule has 0 bridgehead atoms. The summed E-state index contributed by atoms with van der Waals surface area (Å²) < 4.78 is 6.85. The first-order valence-electron chi connectivity index (χ1n) is 6.74. The van der Waals surface area contributed by atoms with Crippen molar-refractivity contribution in [2.75, 3.05) is 20.3 Å². The molecule has 1 aromatic heterocycles. The van der Waals surface area contributed by atoms with E-state index in [4.69, 9.17) is 4.74 Å². The zero-order valence-electron chi connectivity index (χ0n) is 11.7. The van der Waals surface area contributed by atoms with Gasteiger partial charge < -0.3 is 19.7 Å². The fourth-order valence-electron chi connectivity index (χ4n) is 1.97. The second-order valence-corrected chi connectivity index (χ2v) is 4.71. The number of benzene rings is 1. The van der Waals surface area contributed by atoms with Crippen molar-refractivity contribution in [2.45, 2.75) is 19.1 Å². The molecule has 2 rings (SSSR count). The van der Waals surface area contributed by atoms with Gasteiger partial charge in [0.2, 0.25) is 0 Å². The number of hydrogen-bond acceptors (Lipinski definition) is 4. The Morgan fingerprint density at radius 1 is 1.35 bits per heavy atom. The van der Waals surface area contributed by atoms with Crippen molar-refractivity contribution in [2.24, 2.45) is 0 Å². The fraction of sp³-hybridized carbons (Fsp3) is 0.400. The van der Waals surface area contributed by atoms with Gasteiger partial charge in [0, 0.05) is 31.7 Å². The van der Waals surface area contributed by atoms with Gasteiger partial charge in [-0.05, 0) is 30.7 Å². The third-order valence-electron chi connectivity index (χ3n) is 3.08. The summed E-state index contributed by atoms with van der Waals surface area (Å²) in [5, 5.41) is 12.8. The maximum absolute atomic E-state index is 9.51. The maximum atomic E-state index is 9.51. The number of nitrogens with one attached hydrogen (secondary N) is 1. The number of aromatic nitrogens is 2. The molecule has 1 atom stereocenters. The van der Waals surface area contributed by atoms with Crippen LogP contribution in [0.3, 0.4) is 0 Å². The van der Waals surface area contributed by atoms with Crippen LogP contribution in [0.15, 0.2) is 43.0 Å². The Morgan fingerprint density at radius 3 is 2.80 bits per heavy atom. The average Bonchev–Trinajstić information content (AvgIpc) is 2.99. The highest BCUT2D eigenvalue weighted by Gasteiger charge is 2.02. The molecule has 0 saturated heterocycles. The van der Waals surface area contributed by atoms with Crippen LogP contribution in [0.25, 0.3) is 5.69 Å². The second-order valence-electron chi connectivity index (χ2n) is 4.71. The number of nitrogens with zero attached hydrogens (tertiary/aromatic N) is 2. The van der Waals surface area contributed by atoms with Crippen LogP contribution < -0.4 is 5.32 Å². The van der Waals surface area contributed by atoms with Gasteiger partial charge in [0.05, 0.1) is 19.0 Å². The van der Waals surface area contributed by atoms with E-state index < -0.39 is 6.10 Å². The zero-order valence-corrected chi connectivity index (χ0v) is 11.7. The summed E-state index contributed by atoms with van der Waals surface area (Å²) in [6, 6.07) is 8.32. The van der Waals surface area contributed by atoms with E-state index in [1.54, 1.807) is 19.6 Å².